The monoisotopic (exact) mass is 395 g/mol. The molecule has 1 amide bonds. The van der Waals surface area contributed by atoms with Gasteiger partial charge in [0.05, 0.1) is 0 Å². The van der Waals surface area contributed by atoms with Crippen molar-refractivity contribution in [3.8, 4) is 11.3 Å². The van der Waals surface area contributed by atoms with Gasteiger partial charge in [-0.2, -0.15) is 0 Å². The molecule has 4 nitrogen and oxygen atoms in total. The van der Waals surface area contributed by atoms with Crippen molar-refractivity contribution >= 4 is 23.2 Å². The summed E-state index contributed by atoms with van der Waals surface area (Å²) in [5, 5.41) is 3.57. The molecule has 3 rings (SSSR count). The number of nitrogens with one attached hydrogen (secondary N) is 1. The van der Waals surface area contributed by atoms with Crippen LogP contribution in [-0.2, 0) is 12.8 Å². The Labute approximate surface area is 169 Å². The van der Waals surface area contributed by atoms with Crippen LogP contribution < -0.4 is 10.7 Å². The first-order chi connectivity index (χ1) is 13.4. The summed E-state index contributed by atoms with van der Waals surface area (Å²) >= 11 is 6.20. The van der Waals surface area contributed by atoms with Crippen molar-refractivity contribution in [2.45, 2.75) is 33.6 Å². The van der Waals surface area contributed by atoms with E-state index in [1.54, 1.807) is 6.92 Å². The van der Waals surface area contributed by atoms with E-state index in [0.717, 1.165) is 11.1 Å². The molecule has 0 fully saturated rings. The molecule has 144 valence electrons. The minimum absolute atomic E-state index is 0.00384. The molecule has 5 heteroatoms. The molecule has 1 N–H and O–H groups in total. The number of benzene rings is 2. The lowest BCUT2D eigenvalue weighted by Crippen LogP contribution is -2.23. The maximum Gasteiger partial charge on any atom is 0.263 e. The lowest BCUT2D eigenvalue weighted by molar-refractivity contribution is 0.102. The third-order valence-corrected chi connectivity index (χ3v) is 4.82. The summed E-state index contributed by atoms with van der Waals surface area (Å²) in [4.78, 5) is 25.8. The van der Waals surface area contributed by atoms with E-state index in [9.17, 15) is 9.59 Å². The van der Waals surface area contributed by atoms with E-state index in [0.29, 0.717) is 34.9 Å². The molecule has 0 aliphatic heterocycles. The number of hydrogen-bond donors (Lipinski definition) is 1. The molecule has 2 aromatic carbocycles. The van der Waals surface area contributed by atoms with Gasteiger partial charge < -0.3 is 9.73 Å². The summed E-state index contributed by atoms with van der Waals surface area (Å²) in [6, 6.07) is 14.2. The molecule has 0 saturated carbocycles. The molecule has 0 radical (unpaired) electrons. The molecule has 1 heterocycles. The first-order valence-electron chi connectivity index (χ1n) is 9.27. The molecule has 0 bridgehead atoms. The van der Waals surface area contributed by atoms with E-state index in [2.05, 4.69) is 5.32 Å². The average Bonchev–Trinajstić information content (AvgIpc) is 2.68. The summed E-state index contributed by atoms with van der Waals surface area (Å²) < 4.78 is 5.78. The topological polar surface area (TPSA) is 59.3 Å². The number of rotatable bonds is 5. The Bertz CT molecular complexity index is 1050. The normalized spacial score (nSPS) is 10.7. The Morgan fingerprint density at radius 1 is 1.04 bits per heavy atom. The highest BCUT2D eigenvalue weighted by Gasteiger charge is 2.22. The SMILES string of the molecule is CCc1cc(Cl)cc(CC)c1NC(=O)c1c(-c2ccccc2)oc(C)cc1=O. The second-order valence-corrected chi connectivity index (χ2v) is 6.99. The van der Waals surface area contributed by atoms with Crippen molar-refractivity contribution in [3.63, 3.8) is 0 Å². The Balaban J connectivity index is 2.12. The third kappa shape index (κ3) is 4.02. The number of anilines is 1. The van der Waals surface area contributed by atoms with Crippen LogP contribution in [0.4, 0.5) is 5.69 Å². The number of amides is 1. The van der Waals surface area contributed by atoms with E-state index in [4.69, 9.17) is 16.0 Å². The van der Waals surface area contributed by atoms with Crippen LogP contribution in [-0.4, -0.2) is 5.91 Å². The second kappa shape index (κ2) is 8.44. The standard InChI is InChI=1S/C23H22ClNO3/c1-4-15-12-18(24)13-16(5-2)21(15)25-23(27)20-19(26)11-14(3)28-22(20)17-9-7-6-8-10-17/h6-13H,4-5H2,1-3H3,(H,25,27). The number of halogens is 1. The summed E-state index contributed by atoms with van der Waals surface area (Å²) in [7, 11) is 0. The fourth-order valence-electron chi connectivity index (χ4n) is 3.24. The zero-order chi connectivity index (χ0) is 20.3. The first-order valence-corrected chi connectivity index (χ1v) is 9.65. The van der Waals surface area contributed by atoms with Crippen LogP contribution in [0.5, 0.6) is 0 Å². The van der Waals surface area contributed by atoms with Crippen LogP contribution >= 0.6 is 11.6 Å². The maximum atomic E-state index is 13.2. The molecule has 28 heavy (non-hydrogen) atoms. The second-order valence-electron chi connectivity index (χ2n) is 6.55. The van der Waals surface area contributed by atoms with E-state index in [1.165, 1.54) is 6.07 Å². The molecule has 1 aromatic heterocycles. The highest BCUT2D eigenvalue weighted by molar-refractivity contribution is 6.31. The highest BCUT2D eigenvalue weighted by Crippen LogP contribution is 2.29. The third-order valence-electron chi connectivity index (χ3n) is 4.60. The van der Waals surface area contributed by atoms with E-state index >= 15 is 0 Å². The molecular weight excluding hydrogens is 374 g/mol. The van der Waals surface area contributed by atoms with Crippen molar-refractivity contribution in [1.29, 1.82) is 0 Å². The van der Waals surface area contributed by atoms with Crippen molar-refractivity contribution in [2.24, 2.45) is 0 Å². The van der Waals surface area contributed by atoms with Crippen LogP contribution in [0.2, 0.25) is 5.02 Å². The van der Waals surface area contributed by atoms with Crippen LogP contribution in [0.15, 0.2) is 57.7 Å². The van der Waals surface area contributed by atoms with Gasteiger partial charge in [-0.25, -0.2) is 0 Å². The van der Waals surface area contributed by atoms with Gasteiger partial charge in [-0.05, 0) is 43.0 Å². The quantitative estimate of drug-likeness (QED) is 0.607. The van der Waals surface area contributed by atoms with E-state index in [1.807, 2.05) is 56.3 Å². The summed E-state index contributed by atoms with van der Waals surface area (Å²) in [5.74, 6) is 0.239. The van der Waals surface area contributed by atoms with Gasteiger partial charge in [0.2, 0.25) is 0 Å². The molecule has 0 saturated heterocycles. The van der Waals surface area contributed by atoms with Crippen LogP contribution in [0.3, 0.4) is 0 Å². The van der Waals surface area contributed by atoms with E-state index in [-0.39, 0.29) is 16.8 Å². The van der Waals surface area contributed by atoms with Crippen LogP contribution in [0.25, 0.3) is 11.3 Å². The Morgan fingerprint density at radius 2 is 1.64 bits per heavy atom. The van der Waals surface area contributed by atoms with Crippen LogP contribution in [0.1, 0.15) is 41.1 Å². The molecule has 0 aliphatic rings. The van der Waals surface area contributed by atoms with Gasteiger partial charge >= 0.3 is 0 Å². The van der Waals surface area contributed by atoms with E-state index < -0.39 is 5.91 Å². The van der Waals surface area contributed by atoms with Gasteiger partial charge in [-0.3, -0.25) is 9.59 Å². The van der Waals surface area contributed by atoms with Crippen molar-refractivity contribution in [2.75, 3.05) is 5.32 Å². The molecule has 3 aromatic rings. The molecular formula is C23H22ClNO3. The predicted octanol–water partition coefficient (Wildman–Crippen LogP) is 5.65. The Morgan fingerprint density at radius 3 is 2.21 bits per heavy atom. The van der Waals surface area contributed by atoms with Crippen molar-refractivity contribution in [3.05, 3.63) is 86.2 Å². The van der Waals surface area contributed by atoms with Crippen molar-refractivity contribution in [1.82, 2.24) is 0 Å². The Kier molecular flexibility index (Phi) is 6.00. The van der Waals surface area contributed by atoms with Gasteiger partial charge in [-0.15, -0.1) is 0 Å². The fraction of sp³-hybridized carbons (Fsp3) is 0.217. The molecule has 0 aliphatic carbocycles. The number of aryl methyl sites for hydroxylation is 3. The number of hydrogen-bond acceptors (Lipinski definition) is 3. The summed E-state index contributed by atoms with van der Waals surface area (Å²) in [5.41, 5.74) is 2.86. The first kappa shape index (κ1) is 19.9. The summed E-state index contributed by atoms with van der Waals surface area (Å²) in [6.07, 6.45) is 1.41. The predicted molar refractivity (Wildman–Crippen MR) is 113 cm³/mol. The van der Waals surface area contributed by atoms with Crippen LogP contribution in [0, 0.1) is 6.92 Å². The fourth-order valence-corrected chi connectivity index (χ4v) is 3.50. The minimum Gasteiger partial charge on any atom is -0.460 e. The maximum absolute atomic E-state index is 13.2. The molecule has 0 atom stereocenters. The zero-order valence-electron chi connectivity index (χ0n) is 16.1. The lowest BCUT2D eigenvalue weighted by Gasteiger charge is -2.16. The van der Waals surface area contributed by atoms with Crippen molar-refractivity contribution < 1.29 is 9.21 Å². The number of carbonyl (C=O) groups is 1. The largest absolute Gasteiger partial charge is 0.460 e. The van der Waals surface area contributed by atoms with Gasteiger partial charge in [0.1, 0.15) is 11.3 Å². The lowest BCUT2D eigenvalue weighted by atomic mass is 10.0. The summed E-state index contributed by atoms with van der Waals surface area (Å²) in [6.45, 7) is 5.69. The van der Waals surface area contributed by atoms with Gasteiger partial charge in [-0.1, -0.05) is 55.8 Å². The minimum atomic E-state index is -0.487. The van der Waals surface area contributed by atoms with Gasteiger partial charge in [0.15, 0.2) is 11.2 Å². The molecule has 0 spiro atoms. The molecule has 0 unspecified atom stereocenters. The average molecular weight is 396 g/mol. The number of carbonyl (C=O) groups excluding carboxylic acids is 1. The smallest absolute Gasteiger partial charge is 0.263 e. The highest BCUT2D eigenvalue weighted by atomic mass is 35.5. The Hall–Kier alpha value is -2.85. The van der Waals surface area contributed by atoms with Gasteiger partial charge in [0, 0.05) is 22.3 Å². The van der Waals surface area contributed by atoms with Gasteiger partial charge in [0.25, 0.3) is 5.91 Å². The zero-order valence-corrected chi connectivity index (χ0v) is 16.9.